The molecule has 2 saturated heterocycles. The average Bonchev–Trinajstić information content (AvgIpc) is 3.06. The Balaban J connectivity index is 1.58. The summed E-state index contributed by atoms with van der Waals surface area (Å²) < 4.78 is 9.57. The first-order valence-corrected chi connectivity index (χ1v) is 7.87. The molecule has 0 spiro atoms. The van der Waals surface area contributed by atoms with Crippen molar-refractivity contribution in [2.45, 2.75) is 18.9 Å². The van der Waals surface area contributed by atoms with Crippen molar-refractivity contribution in [1.29, 1.82) is 0 Å². The van der Waals surface area contributed by atoms with E-state index in [4.69, 9.17) is 4.74 Å². The van der Waals surface area contributed by atoms with Gasteiger partial charge in [0, 0.05) is 25.3 Å². The van der Waals surface area contributed by atoms with Crippen molar-refractivity contribution in [1.82, 2.24) is 14.8 Å². The Hall–Kier alpha value is -2.64. The van der Waals surface area contributed by atoms with Gasteiger partial charge in [-0.3, -0.25) is 9.78 Å². The van der Waals surface area contributed by atoms with Crippen molar-refractivity contribution >= 4 is 18.0 Å². The number of likely N-dealkylation sites (tertiary alicyclic amines) is 1. The number of carbonyl (C=O) groups is 3. The largest absolute Gasteiger partial charge is 0.465 e. The van der Waals surface area contributed by atoms with Crippen molar-refractivity contribution in [2.24, 2.45) is 0 Å². The topological polar surface area (TPSA) is 89.0 Å². The van der Waals surface area contributed by atoms with Gasteiger partial charge in [-0.05, 0) is 25.0 Å². The van der Waals surface area contributed by atoms with Crippen molar-refractivity contribution in [3.05, 3.63) is 29.6 Å². The fraction of sp³-hybridized carbons (Fsp3) is 0.500. The first-order valence-electron chi connectivity index (χ1n) is 7.87. The number of amides is 2. The molecule has 3 rings (SSSR count). The molecule has 1 aromatic heterocycles. The third kappa shape index (κ3) is 3.17. The van der Waals surface area contributed by atoms with Gasteiger partial charge in [0.25, 0.3) is 5.91 Å². The van der Waals surface area contributed by atoms with Gasteiger partial charge in [-0.15, -0.1) is 0 Å². The zero-order valence-electron chi connectivity index (χ0n) is 13.4. The lowest BCUT2D eigenvalue weighted by molar-refractivity contribution is 0.0596. The van der Waals surface area contributed by atoms with E-state index in [1.165, 1.54) is 25.4 Å². The van der Waals surface area contributed by atoms with Gasteiger partial charge in [0.05, 0.1) is 19.2 Å². The lowest BCUT2D eigenvalue weighted by atomic mass is 10.0. The van der Waals surface area contributed by atoms with Crippen LogP contribution < -0.4 is 0 Å². The van der Waals surface area contributed by atoms with Gasteiger partial charge in [-0.1, -0.05) is 0 Å². The fourth-order valence-corrected chi connectivity index (χ4v) is 3.04. The third-order valence-electron chi connectivity index (χ3n) is 4.39. The van der Waals surface area contributed by atoms with E-state index in [1.54, 1.807) is 9.80 Å². The fourth-order valence-electron chi connectivity index (χ4n) is 3.04. The molecule has 0 bridgehead atoms. The van der Waals surface area contributed by atoms with Gasteiger partial charge in [0.2, 0.25) is 0 Å². The highest BCUT2D eigenvalue weighted by atomic mass is 16.6. The molecular formula is C16H19N3O5. The number of esters is 1. The highest BCUT2D eigenvalue weighted by Gasteiger charge is 2.33. The first kappa shape index (κ1) is 16.2. The summed E-state index contributed by atoms with van der Waals surface area (Å²) in [5, 5.41) is 0. The van der Waals surface area contributed by atoms with E-state index in [9.17, 15) is 14.4 Å². The van der Waals surface area contributed by atoms with E-state index in [2.05, 4.69) is 9.72 Å². The van der Waals surface area contributed by atoms with Crippen LogP contribution in [-0.4, -0.2) is 72.1 Å². The molecule has 8 nitrogen and oxygen atoms in total. The highest BCUT2D eigenvalue weighted by Crippen LogP contribution is 2.21. The van der Waals surface area contributed by atoms with E-state index < -0.39 is 5.97 Å². The highest BCUT2D eigenvalue weighted by molar-refractivity contribution is 5.94. The summed E-state index contributed by atoms with van der Waals surface area (Å²) in [5.74, 6) is -0.659. The quantitative estimate of drug-likeness (QED) is 0.765. The first-order chi connectivity index (χ1) is 11.6. The van der Waals surface area contributed by atoms with Crippen LogP contribution in [0.15, 0.2) is 18.3 Å². The molecule has 1 aromatic rings. The number of hydrogen-bond acceptors (Lipinski definition) is 6. The molecule has 0 unspecified atom stereocenters. The van der Waals surface area contributed by atoms with Gasteiger partial charge >= 0.3 is 12.1 Å². The molecule has 0 atom stereocenters. The molecule has 2 amide bonds. The number of aromatic nitrogens is 1. The lowest BCUT2D eigenvalue weighted by Crippen LogP contribution is -2.47. The summed E-state index contributed by atoms with van der Waals surface area (Å²) in [7, 11) is 1.29. The summed E-state index contributed by atoms with van der Waals surface area (Å²) in [6.45, 7) is 2.18. The van der Waals surface area contributed by atoms with E-state index >= 15 is 0 Å². The number of rotatable bonds is 3. The number of piperidine rings is 1. The Bertz CT molecular complexity index is 638. The number of cyclic esters (lactones) is 1. The minimum absolute atomic E-state index is 0.124. The molecule has 3 heterocycles. The van der Waals surface area contributed by atoms with Crippen molar-refractivity contribution < 1.29 is 23.9 Å². The number of nitrogens with zero attached hydrogens (tertiary/aromatic N) is 3. The monoisotopic (exact) mass is 333 g/mol. The van der Waals surface area contributed by atoms with Gasteiger partial charge in [-0.25, -0.2) is 9.59 Å². The molecule has 0 saturated carbocycles. The second-order valence-corrected chi connectivity index (χ2v) is 5.75. The molecule has 0 aliphatic carbocycles. The average molecular weight is 333 g/mol. The van der Waals surface area contributed by atoms with E-state index in [-0.39, 0.29) is 18.0 Å². The minimum atomic E-state index is -0.486. The Morgan fingerprint density at radius 2 is 2.00 bits per heavy atom. The maximum atomic E-state index is 12.5. The van der Waals surface area contributed by atoms with E-state index in [0.717, 1.165) is 12.8 Å². The number of pyridine rings is 1. The molecule has 0 N–H and O–H groups in total. The molecule has 2 aliphatic heterocycles. The smallest absolute Gasteiger partial charge is 0.410 e. The zero-order valence-corrected chi connectivity index (χ0v) is 13.4. The molecule has 2 aliphatic rings. The van der Waals surface area contributed by atoms with Crippen LogP contribution in [-0.2, 0) is 9.47 Å². The third-order valence-corrected chi connectivity index (χ3v) is 4.39. The second kappa shape index (κ2) is 6.86. The van der Waals surface area contributed by atoms with Crippen molar-refractivity contribution in [3.63, 3.8) is 0 Å². The van der Waals surface area contributed by atoms with Gasteiger partial charge < -0.3 is 19.3 Å². The van der Waals surface area contributed by atoms with Crippen LogP contribution in [0.1, 0.15) is 33.7 Å². The van der Waals surface area contributed by atoms with Gasteiger partial charge in [0.15, 0.2) is 0 Å². The van der Waals surface area contributed by atoms with Gasteiger partial charge in [0.1, 0.15) is 12.3 Å². The summed E-state index contributed by atoms with van der Waals surface area (Å²) in [6.07, 6.45) is 2.52. The molecular weight excluding hydrogens is 314 g/mol. The Morgan fingerprint density at radius 1 is 1.25 bits per heavy atom. The van der Waals surface area contributed by atoms with Crippen molar-refractivity contribution in [3.8, 4) is 0 Å². The predicted molar refractivity (Wildman–Crippen MR) is 82.6 cm³/mol. The van der Waals surface area contributed by atoms with Crippen LogP contribution in [0.3, 0.4) is 0 Å². The minimum Gasteiger partial charge on any atom is -0.465 e. The molecule has 2 fully saturated rings. The van der Waals surface area contributed by atoms with Crippen LogP contribution in [0.5, 0.6) is 0 Å². The lowest BCUT2D eigenvalue weighted by Gasteiger charge is -2.35. The van der Waals surface area contributed by atoms with Crippen LogP contribution in [0.25, 0.3) is 0 Å². The Kier molecular flexibility index (Phi) is 4.64. The second-order valence-electron chi connectivity index (χ2n) is 5.75. The summed E-state index contributed by atoms with van der Waals surface area (Å²) in [5.41, 5.74) is 0.599. The normalized spacial score (nSPS) is 18.5. The molecule has 128 valence electrons. The van der Waals surface area contributed by atoms with Crippen LogP contribution >= 0.6 is 0 Å². The standard InChI is InChI=1S/C16H19N3O5/c1-23-15(21)11-2-3-13(17-10-11)14(20)18-6-4-12(5-7-18)19-8-9-24-16(19)22/h2-3,10,12H,4-9H2,1H3. The summed E-state index contributed by atoms with van der Waals surface area (Å²) in [6, 6.07) is 3.18. The summed E-state index contributed by atoms with van der Waals surface area (Å²) in [4.78, 5) is 43.0. The van der Waals surface area contributed by atoms with Crippen LogP contribution in [0.4, 0.5) is 4.79 Å². The predicted octanol–water partition coefficient (Wildman–Crippen LogP) is 0.925. The van der Waals surface area contributed by atoms with E-state index in [1.807, 2.05) is 0 Å². The maximum absolute atomic E-state index is 12.5. The van der Waals surface area contributed by atoms with Crippen LogP contribution in [0, 0.1) is 0 Å². The molecule has 24 heavy (non-hydrogen) atoms. The number of ether oxygens (including phenoxy) is 2. The molecule has 0 radical (unpaired) electrons. The number of carbonyl (C=O) groups excluding carboxylic acids is 3. The zero-order chi connectivity index (χ0) is 17.1. The molecule has 0 aromatic carbocycles. The van der Waals surface area contributed by atoms with E-state index in [0.29, 0.717) is 37.5 Å². The van der Waals surface area contributed by atoms with Crippen molar-refractivity contribution in [2.75, 3.05) is 33.4 Å². The number of methoxy groups -OCH3 is 1. The van der Waals surface area contributed by atoms with Crippen LogP contribution in [0.2, 0.25) is 0 Å². The Morgan fingerprint density at radius 3 is 2.54 bits per heavy atom. The molecule has 8 heteroatoms. The summed E-state index contributed by atoms with van der Waals surface area (Å²) >= 11 is 0. The van der Waals surface area contributed by atoms with Gasteiger partial charge in [-0.2, -0.15) is 0 Å². The Labute approximate surface area is 139 Å². The number of hydrogen-bond donors (Lipinski definition) is 0. The maximum Gasteiger partial charge on any atom is 0.410 e. The SMILES string of the molecule is COC(=O)c1ccc(C(=O)N2CCC(N3CCOC3=O)CC2)nc1.